The Labute approximate surface area is 100.0 Å². The molecule has 0 amide bonds. The Morgan fingerprint density at radius 3 is 2.53 bits per heavy atom. The van der Waals surface area contributed by atoms with Crippen molar-refractivity contribution in [3.63, 3.8) is 0 Å². The third-order valence-electron chi connectivity index (χ3n) is 2.15. The van der Waals surface area contributed by atoms with E-state index >= 15 is 0 Å². The minimum Gasteiger partial charge on any atom is -0.394 e. The summed E-state index contributed by atoms with van der Waals surface area (Å²) >= 11 is 0. The lowest BCUT2D eigenvalue weighted by molar-refractivity contribution is -0.147. The fourth-order valence-electron chi connectivity index (χ4n) is 1.03. The number of hydroxylamine groups is 1. The summed E-state index contributed by atoms with van der Waals surface area (Å²) in [6.07, 6.45) is -3.06. The predicted octanol–water partition coefficient (Wildman–Crippen LogP) is -2.05. The van der Waals surface area contributed by atoms with Crippen LogP contribution in [0.3, 0.4) is 0 Å². The first-order valence-corrected chi connectivity index (χ1v) is 5.58. The van der Waals surface area contributed by atoms with Gasteiger partial charge in [0, 0.05) is 6.54 Å². The summed E-state index contributed by atoms with van der Waals surface area (Å²) in [7, 11) is 0. The summed E-state index contributed by atoms with van der Waals surface area (Å²) in [5, 5.41) is 36.0. The van der Waals surface area contributed by atoms with E-state index in [2.05, 4.69) is 5.48 Å². The highest BCUT2D eigenvalue weighted by molar-refractivity contribution is 5.87. The van der Waals surface area contributed by atoms with Crippen LogP contribution >= 0.6 is 0 Å². The Balaban J connectivity index is 3.81. The molecule has 0 radical (unpaired) electrons. The van der Waals surface area contributed by atoms with E-state index in [0.29, 0.717) is 6.54 Å². The van der Waals surface area contributed by atoms with Gasteiger partial charge < -0.3 is 20.4 Å². The van der Waals surface area contributed by atoms with E-state index < -0.39 is 30.7 Å². The van der Waals surface area contributed by atoms with Crippen molar-refractivity contribution in [2.45, 2.75) is 38.1 Å². The number of aliphatic hydroxyl groups is 4. The molecule has 0 saturated heterocycles. The topological polar surface area (TPSA) is 119 Å². The van der Waals surface area contributed by atoms with Gasteiger partial charge in [0.25, 0.3) is 0 Å². The quantitative estimate of drug-likeness (QED) is 0.224. The monoisotopic (exact) mass is 251 g/mol. The number of Topliss-reactive ketones (excluding diaryl/α,β-unsaturated/α-hetero) is 1. The van der Waals surface area contributed by atoms with E-state index in [1.165, 1.54) is 0 Å². The van der Waals surface area contributed by atoms with Gasteiger partial charge in [-0.3, -0.25) is 9.63 Å². The molecular formula is C10H21NO6. The maximum Gasteiger partial charge on any atom is 0.194 e. The number of carbonyl (C=O) groups is 1. The van der Waals surface area contributed by atoms with Crippen molar-refractivity contribution in [3.8, 4) is 0 Å². The summed E-state index contributed by atoms with van der Waals surface area (Å²) < 4.78 is 0. The average Bonchev–Trinajstić information content (AvgIpc) is 2.35. The minimum atomic E-state index is -1.81. The van der Waals surface area contributed by atoms with E-state index in [9.17, 15) is 15.0 Å². The molecule has 0 heterocycles. The van der Waals surface area contributed by atoms with Crippen molar-refractivity contribution in [2.75, 3.05) is 19.8 Å². The van der Waals surface area contributed by atoms with Gasteiger partial charge in [-0.05, 0) is 6.42 Å². The molecule has 7 heteroatoms. The first-order chi connectivity index (χ1) is 8.04. The van der Waals surface area contributed by atoms with Crippen LogP contribution in [0.5, 0.6) is 0 Å². The highest BCUT2D eigenvalue weighted by atomic mass is 16.6. The first-order valence-electron chi connectivity index (χ1n) is 5.58. The smallest absolute Gasteiger partial charge is 0.194 e. The summed E-state index contributed by atoms with van der Waals surface area (Å²) in [5.41, 5.74) is 2.55. The predicted molar refractivity (Wildman–Crippen MR) is 59.0 cm³/mol. The molecule has 0 aromatic heterocycles. The molecule has 0 aliphatic rings. The van der Waals surface area contributed by atoms with Gasteiger partial charge in [-0.2, -0.15) is 0 Å². The normalized spacial score (nSPS) is 16.5. The highest BCUT2D eigenvalue weighted by Gasteiger charge is 2.29. The fraction of sp³-hybridized carbons (Fsp3) is 0.900. The molecule has 102 valence electrons. The number of ketones is 1. The number of nitrogens with one attached hydrogen (secondary N) is 1. The maximum absolute atomic E-state index is 11.3. The van der Waals surface area contributed by atoms with Crippen LogP contribution in [0.25, 0.3) is 0 Å². The van der Waals surface area contributed by atoms with Crippen molar-refractivity contribution in [3.05, 3.63) is 0 Å². The molecule has 0 aliphatic heterocycles. The molecule has 0 saturated carbocycles. The van der Waals surface area contributed by atoms with Crippen molar-refractivity contribution in [1.29, 1.82) is 0 Å². The third-order valence-corrected chi connectivity index (χ3v) is 2.15. The zero-order valence-corrected chi connectivity index (χ0v) is 9.87. The van der Waals surface area contributed by atoms with Gasteiger partial charge in [-0.15, -0.1) is 0 Å². The van der Waals surface area contributed by atoms with Crippen molar-refractivity contribution < 1.29 is 30.1 Å². The summed E-state index contributed by atoms with van der Waals surface area (Å²) in [6, 6.07) is 0. The second-order valence-electron chi connectivity index (χ2n) is 3.67. The van der Waals surface area contributed by atoms with E-state index in [1.807, 2.05) is 6.92 Å². The highest BCUT2D eigenvalue weighted by Crippen LogP contribution is 1.99. The lowest BCUT2D eigenvalue weighted by Gasteiger charge is -2.17. The number of rotatable bonds is 10. The number of carbonyl (C=O) groups excluding carboxylic acids is 1. The van der Waals surface area contributed by atoms with Crippen molar-refractivity contribution in [1.82, 2.24) is 5.48 Å². The minimum absolute atomic E-state index is 0.322. The molecule has 0 rings (SSSR count). The summed E-state index contributed by atoms with van der Waals surface area (Å²) in [5.74, 6) is -0.983. The van der Waals surface area contributed by atoms with Gasteiger partial charge in [0.05, 0.1) is 6.61 Å². The second-order valence-corrected chi connectivity index (χ2v) is 3.67. The van der Waals surface area contributed by atoms with E-state index in [0.717, 1.165) is 12.8 Å². The summed E-state index contributed by atoms with van der Waals surface area (Å²) in [4.78, 5) is 16.1. The van der Waals surface area contributed by atoms with Gasteiger partial charge in [0.15, 0.2) is 5.78 Å². The van der Waals surface area contributed by atoms with Crippen LogP contribution < -0.4 is 5.48 Å². The number of hydrogen-bond donors (Lipinski definition) is 5. The SMILES string of the molecule is CCCCNOCC(O)C(=O)[C@H](O)[C@H](O)CO. The molecule has 0 bridgehead atoms. The molecule has 0 aromatic carbocycles. The Hall–Kier alpha value is -0.570. The molecule has 17 heavy (non-hydrogen) atoms. The van der Waals surface area contributed by atoms with Crippen molar-refractivity contribution in [2.24, 2.45) is 0 Å². The molecule has 0 fully saturated rings. The number of hydrogen-bond acceptors (Lipinski definition) is 7. The fourth-order valence-corrected chi connectivity index (χ4v) is 1.03. The van der Waals surface area contributed by atoms with E-state index in [1.54, 1.807) is 0 Å². The Morgan fingerprint density at radius 2 is 2.00 bits per heavy atom. The van der Waals surface area contributed by atoms with Crippen LogP contribution in [0.15, 0.2) is 0 Å². The molecule has 3 atom stereocenters. The van der Waals surface area contributed by atoms with Crippen LogP contribution in [-0.2, 0) is 9.63 Å². The third kappa shape index (κ3) is 6.67. The number of unbranched alkanes of at least 4 members (excludes halogenated alkanes) is 1. The van der Waals surface area contributed by atoms with Crippen LogP contribution in [0, 0.1) is 0 Å². The zero-order chi connectivity index (χ0) is 13.3. The average molecular weight is 251 g/mol. The van der Waals surface area contributed by atoms with Gasteiger partial charge in [-0.25, -0.2) is 5.48 Å². The molecule has 5 N–H and O–H groups in total. The largest absolute Gasteiger partial charge is 0.394 e. The second kappa shape index (κ2) is 9.46. The van der Waals surface area contributed by atoms with Crippen LogP contribution in [0.2, 0.25) is 0 Å². The Morgan fingerprint density at radius 1 is 1.35 bits per heavy atom. The van der Waals surface area contributed by atoms with Gasteiger partial charge in [-0.1, -0.05) is 13.3 Å². The van der Waals surface area contributed by atoms with Gasteiger partial charge in [0.2, 0.25) is 0 Å². The van der Waals surface area contributed by atoms with Crippen LogP contribution in [0.4, 0.5) is 0 Å². The molecular weight excluding hydrogens is 230 g/mol. The van der Waals surface area contributed by atoms with Crippen molar-refractivity contribution >= 4 is 5.78 Å². The van der Waals surface area contributed by atoms with Gasteiger partial charge in [0.1, 0.15) is 24.9 Å². The molecule has 1 unspecified atom stereocenters. The van der Waals surface area contributed by atoms with Crippen LogP contribution in [0.1, 0.15) is 19.8 Å². The number of aliphatic hydroxyl groups excluding tert-OH is 4. The molecule has 0 aliphatic carbocycles. The lowest BCUT2D eigenvalue weighted by Crippen LogP contribution is -2.44. The lowest BCUT2D eigenvalue weighted by atomic mass is 10.1. The Kier molecular flexibility index (Phi) is 9.14. The molecule has 7 nitrogen and oxygen atoms in total. The van der Waals surface area contributed by atoms with E-state index in [-0.39, 0.29) is 6.61 Å². The first kappa shape index (κ1) is 16.4. The van der Waals surface area contributed by atoms with Gasteiger partial charge >= 0.3 is 0 Å². The maximum atomic E-state index is 11.3. The zero-order valence-electron chi connectivity index (χ0n) is 9.87. The van der Waals surface area contributed by atoms with E-state index in [4.69, 9.17) is 15.1 Å². The molecule has 0 spiro atoms. The van der Waals surface area contributed by atoms with Crippen LogP contribution in [-0.4, -0.2) is 64.3 Å². The standard InChI is InChI=1S/C10H21NO6/c1-2-3-4-11-17-6-8(14)10(16)9(15)7(13)5-12/h7-9,11-15H,2-6H2,1H3/t7-,8?,9-/m1/s1. The Bertz CT molecular complexity index is 213. The molecule has 0 aromatic rings. The summed E-state index contributed by atoms with van der Waals surface area (Å²) in [6.45, 7) is 1.53.